The van der Waals surface area contributed by atoms with Gasteiger partial charge < -0.3 is 16.0 Å². The second-order valence-corrected chi connectivity index (χ2v) is 6.44. The van der Waals surface area contributed by atoms with Crippen molar-refractivity contribution in [2.75, 3.05) is 25.0 Å². The maximum Gasteiger partial charge on any atom is 0.253 e. The molecule has 1 heterocycles. The molecule has 3 N–H and O–H groups in total. The molecule has 0 radical (unpaired) electrons. The Morgan fingerprint density at radius 3 is 2.61 bits per heavy atom. The van der Waals surface area contributed by atoms with Gasteiger partial charge >= 0.3 is 0 Å². The lowest BCUT2D eigenvalue weighted by molar-refractivity contribution is -0.116. The molecule has 0 saturated carbocycles. The zero-order chi connectivity index (χ0) is 16.8. The van der Waals surface area contributed by atoms with Crippen LogP contribution in [0.1, 0.15) is 48.5 Å². The fourth-order valence-corrected chi connectivity index (χ4v) is 2.81. The topological polar surface area (TPSA) is 75.4 Å². The molecule has 2 amide bonds. The number of nitrogens with one attached hydrogen (secondary N) is 1. The molecule has 0 aromatic heterocycles. The minimum absolute atomic E-state index is 0.0392. The van der Waals surface area contributed by atoms with E-state index in [1.54, 1.807) is 6.07 Å². The van der Waals surface area contributed by atoms with E-state index >= 15 is 0 Å². The van der Waals surface area contributed by atoms with Crippen LogP contribution in [-0.4, -0.2) is 36.3 Å². The van der Waals surface area contributed by atoms with Crippen LogP contribution < -0.4 is 11.1 Å². The molecule has 1 aliphatic heterocycles. The number of carbonyl (C=O) groups excluding carboxylic acids is 2. The monoisotopic (exact) mass is 317 g/mol. The van der Waals surface area contributed by atoms with Crippen LogP contribution in [-0.2, 0) is 4.79 Å². The van der Waals surface area contributed by atoms with Crippen molar-refractivity contribution in [1.82, 2.24) is 4.90 Å². The second kappa shape index (κ2) is 8.11. The molecule has 1 aromatic carbocycles. The predicted molar refractivity (Wildman–Crippen MR) is 92.4 cm³/mol. The number of hydrogen-bond acceptors (Lipinski definition) is 3. The summed E-state index contributed by atoms with van der Waals surface area (Å²) >= 11 is 0. The lowest BCUT2D eigenvalue weighted by Crippen LogP contribution is -2.37. The molecule has 5 nitrogen and oxygen atoms in total. The van der Waals surface area contributed by atoms with Gasteiger partial charge in [-0.05, 0) is 62.4 Å². The van der Waals surface area contributed by atoms with Crippen molar-refractivity contribution in [3.63, 3.8) is 0 Å². The van der Waals surface area contributed by atoms with E-state index in [9.17, 15) is 9.59 Å². The summed E-state index contributed by atoms with van der Waals surface area (Å²) in [5.74, 6) is 0.746. The van der Waals surface area contributed by atoms with Crippen LogP contribution in [0.4, 0.5) is 5.69 Å². The molecule has 23 heavy (non-hydrogen) atoms. The van der Waals surface area contributed by atoms with E-state index in [1.165, 1.54) is 0 Å². The van der Waals surface area contributed by atoms with E-state index in [0.29, 0.717) is 30.9 Å². The van der Waals surface area contributed by atoms with E-state index in [2.05, 4.69) is 12.2 Å². The van der Waals surface area contributed by atoms with Crippen molar-refractivity contribution in [3.05, 3.63) is 29.3 Å². The predicted octanol–water partition coefficient (Wildman–Crippen LogP) is 2.54. The summed E-state index contributed by atoms with van der Waals surface area (Å²) < 4.78 is 0. The molecule has 1 fully saturated rings. The first-order valence-electron chi connectivity index (χ1n) is 8.41. The summed E-state index contributed by atoms with van der Waals surface area (Å²) in [4.78, 5) is 26.3. The normalized spacial score (nSPS) is 15.5. The van der Waals surface area contributed by atoms with Crippen molar-refractivity contribution < 1.29 is 9.59 Å². The van der Waals surface area contributed by atoms with Gasteiger partial charge in [-0.2, -0.15) is 0 Å². The first kappa shape index (κ1) is 17.5. The molecule has 1 aromatic rings. The van der Waals surface area contributed by atoms with Gasteiger partial charge in [-0.25, -0.2) is 0 Å². The highest BCUT2D eigenvalue weighted by atomic mass is 16.2. The SMILES string of the molecule is Cc1cc(C(=O)N2CCC(C)CC2)ccc1NC(=O)CCCN. The number of piperidine rings is 1. The highest BCUT2D eigenvalue weighted by molar-refractivity contribution is 5.96. The maximum atomic E-state index is 12.6. The fraction of sp³-hybridized carbons (Fsp3) is 0.556. The molecule has 1 saturated heterocycles. The largest absolute Gasteiger partial charge is 0.339 e. The molecular formula is C18H27N3O2. The molecule has 1 aliphatic rings. The van der Waals surface area contributed by atoms with Gasteiger partial charge in [0.25, 0.3) is 5.91 Å². The standard InChI is InChI=1S/C18H27N3O2/c1-13-7-10-21(11-8-13)18(23)15-5-6-16(14(2)12-15)20-17(22)4-3-9-19/h5-6,12-13H,3-4,7-11,19H2,1-2H3,(H,20,22). The number of carbonyl (C=O) groups is 2. The Balaban J connectivity index is 2.01. The summed E-state index contributed by atoms with van der Waals surface area (Å²) in [6, 6.07) is 5.47. The van der Waals surface area contributed by atoms with Gasteiger partial charge in [-0.15, -0.1) is 0 Å². The lowest BCUT2D eigenvalue weighted by atomic mass is 9.98. The molecule has 5 heteroatoms. The molecule has 0 atom stereocenters. The van der Waals surface area contributed by atoms with Crippen molar-refractivity contribution in [1.29, 1.82) is 0 Å². The number of benzene rings is 1. The lowest BCUT2D eigenvalue weighted by Gasteiger charge is -2.30. The number of rotatable bonds is 5. The molecule has 126 valence electrons. The summed E-state index contributed by atoms with van der Waals surface area (Å²) in [6.07, 6.45) is 3.23. The number of likely N-dealkylation sites (tertiary alicyclic amines) is 1. The molecule has 0 unspecified atom stereocenters. The van der Waals surface area contributed by atoms with E-state index in [-0.39, 0.29) is 11.8 Å². The molecule has 0 spiro atoms. The first-order chi connectivity index (χ1) is 11.0. The minimum atomic E-state index is -0.0392. The van der Waals surface area contributed by atoms with Gasteiger partial charge in [-0.3, -0.25) is 9.59 Å². The summed E-state index contributed by atoms with van der Waals surface area (Å²) in [7, 11) is 0. The third-order valence-electron chi connectivity index (χ3n) is 4.43. The number of nitrogens with zero attached hydrogens (tertiary/aromatic N) is 1. The number of nitrogens with two attached hydrogens (primary N) is 1. The summed E-state index contributed by atoms with van der Waals surface area (Å²) in [6.45, 7) is 6.31. The second-order valence-electron chi connectivity index (χ2n) is 6.44. The van der Waals surface area contributed by atoms with Crippen LogP contribution in [0.25, 0.3) is 0 Å². The van der Waals surface area contributed by atoms with Gasteiger partial charge in [0.05, 0.1) is 0 Å². The average molecular weight is 317 g/mol. The number of amides is 2. The van der Waals surface area contributed by atoms with Gasteiger partial charge in [0, 0.05) is 30.8 Å². The van der Waals surface area contributed by atoms with Crippen LogP contribution in [0.2, 0.25) is 0 Å². The van der Waals surface area contributed by atoms with E-state index < -0.39 is 0 Å². The maximum absolute atomic E-state index is 12.6. The Morgan fingerprint density at radius 1 is 1.30 bits per heavy atom. The zero-order valence-electron chi connectivity index (χ0n) is 14.1. The van der Waals surface area contributed by atoms with Crippen LogP contribution in [0.3, 0.4) is 0 Å². The van der Waals surface area contributed by atoms with Crippen LogP contribution in [0.5, 0.6) is 0 Å². The van der Waals surface area contributed by atoms with Crippen LogP contribution >= 0.6 is 0 Å². The Kier molecular flexibility index (Phi) is 6.16. The Labute approximate surface area is 138 Å². The Morgan fingerprint density at radius 2 is 2.00 bits per heavy atom. The fourth-order valence-electron chi connectivity index (χ4n) is 2.81. The quantitative estimate of drug-likeness (QED) is 0.876. The molecule has 2 rings (SSSR count). The zero-order valence-corrected chi connectivity index (χ0v) is 14.1. The third-order valence-corrected chi connectivity index (χ3v) is 4.43. The molecule has 0 aliphatic carbocycles. The van der Waals surface area contributed by atoms with Crippen molar-refractivity contribution in [3.8, 4) is 0 Å². The van der Waals surface area contributed by atoms with Crippen molar-refractivity contribution in [2.45, 2.75) is 39.5 Å². The number of hydrogen-bond donors (Lipinski definition) is 2. The Bertz CT molecular complexity index is 563. The molecule has 0 bridgehead atoms. The van der Waals surface area contributed by atoms with E-state index in [0.717, 1.165) is 37.2 Å². The summed E-state index contributed by atoms with van der Waals surface area (Å²) in [5, 5.41) is 2.88. The van der Waals surface area contributed by atoms with E-state index in [4.69, 9.17) is 5.73 Å². The number of aryl methyl sites for hydroxylation is 1. The van der Waals surface area contributed by atoms with Gasteiger partial charge in [0.2, 0.25) is 5.91 Å². The van der Waals surface area contributed by atoms with Gasteiger partial charge in [0.1, 0.15) is 0 Å². The highest BCUT2D eigenvalue weighted by Crippen LogP contribution is 2.21. The summed E-state index contributed by atoms with van der Waals surface area (Å²) in [5.41, 5.74) is 7.77. The van der Waals surface area contributed by atoms with Crippen LogP contribution in [0, 0.1) is 12.8 Å². The average Bonchev–Trinajstić information content (AvgIpc) is 2.55. The minimum Gasteiger partial charge on any atom is -0.339 e. The van der Waals surface area contributed by atoms with Crippen molar-refractivity contribution >= 4 is 17.5 Å². The van der Waals surface area contributed by atoms with Gasteiger partial charge in [-0.1, -0.05) is 6.92 Å². The Hall–Kier alpha value is -1.88. The highest BCUT2D eigenvalue weighted by Gasteiger charge is 2.21. The first-order valence-corrected chi connectivity index (χ1v) is 8.41. The van der Waals surface area contributed by atoms with Crippen molar-refractivity contribution in [2.24, 2.45) is 11.7 Å². The molecular weight excluding hydrogens is 290 g/mol. The van der Waals surface area contributed by atoms with Gasteiger partial charge in [0.15, 0.2) is 0 Å². The van der Waals surface area contributed by atoms with E-state index in [1.807, 2.05) is 24.0 Å². The third kappa shape index (κ3) is 4.79. The number of anilines is 1. The van der Waals surface area contributed by atoms with Crippen LogP contribution in [0.15, 0.2) is 18.2 Å². The smallest absolute Gasteiger partial charge is 0.253 e.